The van der Waals surface area contributed by atoms with Gasteiger partial charge >= 0.3 is 5.97 Å². The molecule has 5 heteroatoms. The van der Waals surface area contributed by atoms with E-state index in [-0.39, 0.29) is 28.1 Å². The third-order valence-electron chi connectivity index (χ3n) is 6.90. The summed E-state index contributed by atoms with van der Waals surface area (Å²) in [6, 6.07) is 0. The Morgan fingerprint density at radius 3 is 1.73 bits per heavy atom. The van der Waals surface area contributed by atoms with Crippen molar-refractivity contribution in [3.05, 3.63) is 12.7 Å². The first-order chi connectivity index (χ1) is 13.7. The fourth-order valence-corrected chi connectivity index (χ4v) is 5.42. The summed E-state index contributed by atoms with van der Waals surface area (Å²) in [6.07, 6.45) is 10.1. The van der Waals surface area contributed by atoms with Crippen LogP contribution in [-0.4, -0.2) is 44.4 Å². The van der Waals surface area contributed by atoms with Gasteiger partial charge in [-0.2, -0.15) is 5.06 Å². The van der Waals surface area contributed by atoms with Crippen LogP contribution in [0, 0.1) is 0 Å². The summed E-state index contributed by atoms with van der Waals surface area (Å²) in [5.74, 6) is -0.278. The first kappa shape index (κ1) is 25.4. The van der Waals surface area contributed by atoms with Gasteiger partial charge < -0.3 is 4.84 Å². The van der Waals surface area contributed by atoms with Crippen molar-refractivity contribution in [2.45, 2.75) is 141 Å². The van der Waals surface area contributed by atoms with Crippen molar-refractivity contribution < 1.29 is 14.5 Å². The van der Waals surface area contributed by atoms with Crippen LogP contribution in [0.2, 0.25) is 0 Å². The Labute approximate surface area is 185 Å². The first-order valence-electron chi connectivity index (χ1n) is 11.8. The number of hydrogen-bond acceptors (Lipinski definition) is 5. The van der Waals surface area contributed by atoms with Crippen molar-refractivity contribution in [1.29, 1.82) is 0 Å². The third kappa shape index (κ3) is 5.86. The van der Waals surface area contributed by atoms with Crippen LogP contribution < -0.4 is 0 Å². The molecule has 174 valence electrons. The Kier molecular flexibility index (Phi) is 7.86. The lowest BCUT2D eigenvalue weighted by Gasteiger charge is -2.53. The molecule has 0 bridgehead atoms. The predicted molar refractivity (Wildman–Crippen MR) is 123 cm³/mol. The largest absolute Gasteiger partial charge is 0.364 e. The van der Waals surface area contributed by atoms with Crippen LogP contribution in [0.4, 0.5) is 0 Å². The minimum absolute atomic E-state index is 0.123. The zero-order chi connectivity index (χ0) is 22.8. The van der Waals surface area contributed by atoms with Gasteiger partial charge in [-0.05, 0) is 113 Å². The highest BCUT2D eigenvalue weighted by atomic mass is 16.8. The van der Waals surface area contributed by atoms with E-state index in [9.17, 15) is 4.79 Å². The maximum Gasteiger partial charge on any atom is 0.356 e. The van der Waals surface area contributed by atoms with E-state index in [1.54, 1.807) is 0 Å². The lowest BCUT2D eigenvalue weighted by atomic mass is 9.82. The summed E-state index contributed by atoms with van der Waals surface area (Å²) >= 11 is 0. The fourth-order valence-electron chi connectivity index (χ4n) is 5.42. The van der Waals surface area contributed by atoms with Gasteiger partial charge in [-0.15, -0.1) is 11.6 Å². The van der Waals surface area contributed by atoms with E-state index in [1.165, 1.54) is 6.42 Å². The molecule has 0 amide bonds. The van der Waals surface area contributed by atoms with Crippen LogP contribution >= 0.6 is 0 Å². The molecule has 0 radical (unpaired) electrons. The minimum Gasteiger partial charge on any atom is -0.364 e. The zero-order valence-electron chi connectivity index (χ0n) is 20.8. The van der Waals surface area contributed by atoms with Gasteiger partial charge in [-0.3, -0.25) is 4.84 Å². The number of piperidine rings is 2. The predicted octanol–water partition coefficient (Wildman–Crippen LogP) is 6.19. The average Bonchev–Trinajstić information content (AvgIpc) is 2.59. The third-order valence-corrected chi connectivity index (χ3v) is 6.90. The number of carbonyl (C=O) groups excluding carboxylic acids is 1. The number of nitrogens with zero attached hydrogens (tertiary/aromatic N) is 2. The zero-order valence-corrected chi connectivity index (χ0v) is 20.8. The van der Waals surface area contributed by atoms with Gasteiger partial charge in [0.25, 0.3) is 0 Å². The van der Waals surface area contributed by atoms with Gasteiger partial charge in [0.1, 0.15) is 0 Å². The molecule has 0 aliphatic carbocycles. The SMILES string of the molecule is C=CCCCC(ON1C(C)(C)CCCC1(C)C)C(=O)ON1C(C)(C)CCCC1(C)C. The number of carbonyl (C=O) groups is 1. The standard InChI is InChI=1S/C25H46N2O3/c1-10-11-12-15-20(29-26-22(2,3)16-13-17-23(26,4)5)21(28)30-27-24(6,7)18-14-19-25(27,8)9/h10,20H,1,11-19H2,2-9H3. The second-order valence-corrected chi connectivity index (χ2v) is 11.8. The van der Waals surface area contributed by atoms with E-state index in [0.717, 1.165) is 44.9 Å². The highest BCUT2D eigenvalue weighted by Crippen LogP contribution is 2.41. The highest BCUT2D eigenvalue weighted by molar-refractivity contribution is 5.74. The number of allylic oxidation sites excluding steroid dienone is 1. The number of hydrogen-bond donors (Lipinski definition) is 0. The summed E-state index contributed by atoms with van der Waals surface area (Å²) in [6.45, 7) is 21.3. The molecule has 0 saturated carbocycles. The molecule has 2 saturated heterocycles. The summed E-state index contributed by atoms with van der Waals surface area (Å²) in [4.78, 5) is 26.1. The molecule has 0 N–H and O–H groups in total. The van der Waals surface area contributed by atoms with Crippen LogP contribution in [0.1, 0.15) is 113 Å². The monoisotopic (exact) mass is 422 g/mol. The van der Waals surface area contributed by atoms with Gasteiger partial charge in [0.15, 0.2) is 6.10 Å². The van der Waals surface area contributed by atoms with Gasteiger partial charge in [-0.1, -0.05) is 6.08 Å². The Balaban J connectivity index is 2.22. The van der Waals surface area contributed by atoms with Gasteiger partial charge in [0.2, 0.25) is 0 Å². The molecule has 30 heavy (non-hydrogen) atoms. The van der Waals surface area contributed by atoms with Crippen molar-refractivity contribution in [2.75, 3.05) is 0 Å². The van der Waals surface area contributed by atoms with E-state index in [2.05, 4.69) is 67.0 Å². The number of rotatable bonds is 8. The lowest BCUT2D eigenvalue weighted by Crippen LogP contribution is -2.61. The summed E-state index contributed by atoms with van der Waals surface area (Å²) in [5, 5.41) is 4.01. The van der Waals surface area contributed by atoms with Crippen molar-refractivity contribution >= 4 is 5.97 Å². The maximum atomic E-state index is 13.4. The molecule has 0 spiro atoms. The minimum atomic E-state index is -0.616. The van der Waals surface area contributed by atoms with Crippen molar-refractivity contribution in [2.24, 2.45) is 0 Å². The molecule has 0 aromatic heterocycles. The van der Waals surface area contributed by atoms with Crippen LogP contribution in [0.3, 0.4) is 0 Å². The Morgan fingerprint density at radius 1 is 0.867 bits per heavy atom. The molecule has 1 atom stereocenters. The first-order valence-corrected chi connectivity index (χ1v) is 11.8. The number of unbranched alkanes of at least 4 members (excludes halogenated alkanes) is 1. The maximum absolute atomic E-state index is 13.4. The van der Waals surface area contributed by atoms with Crippen molar-refractivity contribution in [3.8, 4) is 0 Å². The summed E-state index contributed by atoms with van der Waals surface area (Å²) < 4.78 is 0. The fraction of sp³-hybridized carbons (Fsp3) is 0.880. The smallest absolute Gasteiger partial charge is 0.356 e. The Morgan fingerprint density at radius 2 is 1.30 bits per heavy atom. The summed E-state index contributed by atoms with van der Waals surface area (Å²) in [7, 11) is 0. The number of hydroxylamine groups is 4. The molecule has 0 aromatic rings. The molecule has 0 aromatic carbocycles. The molecule has 2 heterocycles. The van der Waals surface area contributed by atoms with E-state index in [0.29, 0.717) is 6.42 Å². The normalized spacial score (nSPS) is 26.7. The van der Waals surface area contributed by atoms with Crippen LogP contribution in [0.25, 0.3) is 0 Å². The molecule has 2 aliphatic rings. The van der Waals surface area contributed by atoms with E-state index in [4.69, 9.17) is 9.68 Å². The molecule has 2 aliphatic heterocycles. The second-order valence-electron chi connectivity index (χ2n) is 11.8. The van der Waals surface area contributed by atoms with E-state index in [1.807, 2.05) is 11.1 Å². The van der Waals surface area contributed by atoms with Crippen molar-refractivity contribution in [3.63, 3.8) is 0 Å². The van der Waals surface area contributed by atoms with Crippen molar-refractivity contribution in [1.82, 2.24) is 10.1 Å². The second kappa shape index (κ2) is 9.30. The van der Waals surface area contributed by atoms with Crippen LogP contribution in [0.15, 0.2) is 12.7 Å². The molecule has 2 rings (SSSR count). The molecular weight excluding hydrogens is 376 g/mol. The molecule has 2 fully saturated rings. The van der Waals surface area contributed by atoms with Gasteiger partial charge in [0.05, 0.1) is 11.1 Å². The molecular formula is C25H46N2O3. The van der Waals surface area contributed by atoms with Crippen LogP contribution in [-0.2, 0) is 14.5 Å². The highest BCUT2D eigenvalue weighted by Gasteiger charge is 2.47. The quantitative estimate of drug-likeness (QED) is 0.345. The topological polar surface area (TPSA) is 42.0 Å². The molecule has 5 nitrogen and oxygen atoms in total. The lowest BCUT2D eigenvalue weighted by molar-refractivity contribution is -0.319. The van der Waals surface area contributed by atoms with Gasteiger partial charge in [0, 0.05) is 11.1 Å². The van der Waals surface area contributed by atoms with E-state index >= 15 is 0 Å². The molecule has 1 unspecified atom stereocenters. The average molecular weight is 423 g/mol. The van der Waals surface area contributed by atoms with Crippen LogP contribution in [0.5, 0.6) is 0 Å². The Bertz CT molecular complexity index is 578. The Hall–Kier alpha value is -0.910. The van der Waals surface area contributed by atoms with Gasteiger partial charge in [-0.25, -0.2) is 4.79 Å². The summed E-state index contributed by atoms with van der Waals surface area (Å²) in [5.41, 5.74) is -0.621. The van der Waals surface area contributed by atoms with E-state index < -0.39 is 6.10 Å².